The van der Waals surface area contributed by atoms with Crippen molar-refractivity contribution >= 4 is 14.1 Å². The first kappa shape index (κ1) is 45.4. The van der Waals surface area contributed by atoms with Crippen LogP contribution >= 0.6 is 0 Å². The van der Waals surface area contributed by atoms with Crippen molar-refractivity contribution in [2.75, 3.05) is 0 Å². The zero-order valence-corrected chi connectivity index (χ0v) is 39.5. The number of aliphatic hydroxyl groups is 2. The number of Topliss-reactive ketones (excluding diaryl/α,β-unsaturated/α-hetero) is 1. The van der Waals surface area contributed by atoms with Gasteiger partial charge in [-0.2, -0.15) is 0 Å². The van der Waals surface area contributed by atoms with Gasteiger partial charge in [0.15, 0.2) is 0 Å². The SMILES string of the molecule is C=CC1(C)C[C@@H](O)C2(C)C(C)CCC3(CC=C(O[Si](C(C)C)(C(C)C)C(C)C)C32)C(=C)C1C.C=CC1(C)C[C@@H](O)C2(C)C(C)CCC3(CCC(=O)C32)C(=C)C1C. The largest absolute Gasteiger partial charge is 0.546 e. The van der Waals surface area contributed by atoms with Gasteiger partial charge in [0.25, 0.3) is 8.32 Å². The van der Waals surface area contributed by atoms with E-state index in [1.807, 2.05) is 6.08 Å². The van der Waals surface area contributed by atoms with Crippen LogP contribution in [0.4, 0.5) is 0 Å². The molecule has 0 amide bonds. The van der Waals surface area contributed by atoms with Gasteiger partial charge in [-0.1, -0.05) is 133 Å². The second kappa shape index (κ2) is 15.1. The molecule has 2 N–H and O–H groups in total. The highest BCUT2D eigenvalue weighted by molar-refractivity contribution is 6.77. The lowest BCUT2D eigenvalue weighted by Gasteiger charge is -2.62. The molecule has 0 saturated heterocycles. The van der Waals surface area contributed by atoms with Gasteiger partial charge in [0, 0.05) is 39.9 Å². The second-order valence-corrected chi connectivity index (χ2v) is 27.7. The van der Waals surface area contributed by atoms with Crippen molar-refractivity contribution in [2.24, 2.45) is 68.0 Å². The van der Waals surface area contributed by atoms with Crippen LogP contribution in [0.3, 0.4) is 0 Å². The van der Waals surface area contributed by atoms with Gasteiger partial charge in [0.1, 0.15) is 5.78 Å². The summed E-state index contributed by atoms with van der Waals surface area (Å²) >= 11 is 0. The van der Waals surface area contributed by atoms with Crippen LogP contribution in [0, 0.1) is 68.0 Å². The molecule has 56 heavy (non-hydrogen) atoms. The third-order valence-corrected chi connectivity index (χ3v) is 25.6. The highest BCUT2D eigenvalue weighted by atomic mass is 28.4. The Hall–Kier alpha value is -1.69. The Kier molecular flexibility index (Phi) is 12.2. The molecule has 14 atom stereocenters. The normalized spacial score (nSPS) is 46.5. The number of aliphatic hydroxyl groups excluding tert-OH is 2. The van der Waals surface area contributed by atoms with Gasteiger partial charge in [-0.3, -0.25) is 4.79 Å². The van der Waals surface area contributed by atoms with E-state index >= 15 is 0 Å². The van der Waals surface area contributed by atoms with Crippen LogP contribution in [0.1, 0.15) is 155 Å². The molecule has 0 heterocycles. The summed E-state index contributed by atoms with van der Waals surface area (Å²) < 4.78 is 7.43. The second-order valence-electron chi connectivity index (χ2n) is 22.3. The summed E-state index contributed by atoms with van der Waals surface area (Å²) in [5.41, 5.74) is 3.16. The van der Waals surface area contributed by atoms with Crippen molar-refractivity contribution in [3.63, 3.8) is 0 Å². The molecule has 12 unspecified atom stereocenters. The van der Waals surface area contributed by atoms with Crippen LogP contribution < -0.4 is 0 Å². The maximum Gasteiger partial charge on any atom is 0.258 e. The molecule has 6 rings (SSSR count). The third-order valence-electron chi connectivity index (χ3n) is 19.6. The number of ketones is 1. The van der Waals surface area contributed by atoms with Crippen molar-refractivity contribution in [3.05, 3.63) is 61.4 Å². The van der Waals surface area contributed by atoms with E-state index in [1.54, 1.807) is 0 Å². The van der Waals surface area contributed by atoms with Crippen LogP contribution in [0.25, 0.3) is 0 Å². The summed E-state index contributed by atoms with van der Waals surface area (Å²) in [5, 5.41) is 23.2. The minimum Gasteiger partial charge on any atom is -0.546 e. The van der Waals surface area contributed by atoms with E-state index in [-0.39, 0.29) is 56.2 Å². The quantitative estimate of drug-likeness (QED) is 0.199. The summed E-state index contributed by atoms with van der Waals surface area (Å²) in [6, 6.07) is 0. The molecule has 4 bridgehead atoms. The molecular formula is C51H84O4Si. The van der Waals surface area contributed by atoms with Gasteiger partial charge >= 0.3 is 0 Å². The average molecular weight is 789 g/mol. The van der Waals surface area contributed by atoms with Crippen LogP contribution in [0.15, 0.2) is 61.4 Å². The van der Waals surface area contributed by atoms with E-state index in [4.69, 9.17) is 11.0 Å². The van der Waals surface area contributed by atoms with Crippen molar-refractivity contribution in [3.8, 4) is 0 Å². The van der Waals surface area contributed by atoms with Crippen LogP contribution in [0.2, 0.25) is 16.6 Å². The van der Waals surface area contributed by atoms with E-state index in [0.717, 1.165) is 44.9 Å². The lowest BCUT2D eigenvalue weighted by Crippen LogP contribution is -2.59. The van der Waals surface area contributed by atoms with Gasteiger partial charge in [0.2, 0.25) is 0 Å². The fourth-order valence-electron chi connectivity index (χ4n) is 14.7. The fraction of sp³-hybridized carbons (Fsp3) is 0.784. The molecule has 6 aliphatic carbocycles. The van der Waals surface area contributed by atoms with Crippen LogP contribution in [-0.2, 0) is 9.22 Å². The van der Waals surface area contributed by atoms with Crippen molar-refractivity contribution in [1.29, 1.82) is 0 Å². The minimum atomic E-state index is -2.10. The molecule has 4 nitrogen and oxygen atoms in total. The first-order valence-corrected chi connectivity index (χ1v) is 24.9. The van der Waals surface area contributed by atoms with Gasteiger partial charge in [0.05, 0.1) is 18.0 Å². The predicted octanol–water partition coefficient (Wildman–Crippen LogP) is 13.2. The summed E-state index contributed by atoms with van der Waals surface area (Å²) in [4.78, 5) is 12.9. The van der Waals surface area contributed by atoms with E-state index < -0.39 is 20.5 Å². The smallest absolute Gasteiger partial charge is 0.258 e. The Bertz CT molecular complexity index is 1580. The topological polar surface area (TPSA) is 66.8 Å². The molecule has 0 aliphatic heterocycles. The molecule has 0 radical (unpaired) electrons. The Labute approximate surface area is 345 Å². The molecule has 5 saturated carbocycles. The Balaban J connectivity index is 0.000000228. The molecule has 5 fully saturated rings. The molecule has 0 aromatic heterocycles. The van der Waals surface area contributed by atoms with Gasteiger partial charge in [-0.05, 0) is 109 Å². The number of carbonyl (C=O) groups is 1. The first-order chi connectivity index (χ1) is 25.8. The van der Waals surface area contributed by atoms with Crippen molar-refractivity contribution in [1.82, 2.24) is 0 Å². The molecule has 316 valence electrons. The Morgan fingerprint density at radius 3 is 1.55 bits per heavy atom. The maximum atomic E-state index is 12.9. The van der Waals surface area contributed by atoms with Gasteiger partial charge in [-0.15, -0.1) is 13.2 Å². The standard InChI is InChI=1S/C30H52O2Si.C21H32O2/c1-13-28(11)18-26(31)29(12)22(8)14-16-30(24(10)23(28)9)17-15-25(27(29)30)32-33(19(2)3,20(4)5)21(6)7;1-7-19(5)12-17(23)20(6)13(2)8-10-21(15(4)14(19)3)11-9-16(22)18(20)21/h13,15,19-23,26-27,31H,1,10,14,16-18H2,2-9,11-12H3;7,13-14,17-18,23H,1,4,8-12H2,2-3,5-6H3/t22?,23?,26-,27?,28?,29?,30?;13?,14?,17-,18?,19?,20?,21?/m11/s1. The zero-order valence-electron chi connectivity index (χ0n) is 38.5. The van der Waals surface area contributed by atoms with Crippen molar-refractivity contribution < 1.29 is 19.4 Å². The highest BCUT2D eigenvalue weighted by Crippen LogP contribution is 2.71. The molecular weight excluding hydrogens is 705 g/mol. The summed E-state index contributed by atoms with van der Waals surface area (Å²) in [6.07, 6.45) is 14.0. The molecule has 0 spiro atoms. The van der Waals surface area contributed by atoms with Gasteiger partial charge in [-0.25, -0.2) is 0 Å². The molecule has 0 aromatic rings. The van der Waals surface area contributed by atoms with Crippen LogP contribution in [-0.4, -0.2) is 36.5 Å². The van der Waals surface area contributed by atoms with E-state index in [9.17, 15) is 15.0 Å². The third kappa shape index (κ3) is 6.18. The lowest BCUT2D eigenvalue weighted by molar-refractivity contribution is -0.154. The molecule has 0 aromatic carbocycles. The highest BCUT2D eigenvalue weighted by Gasteiger charge is 2.67. The maximum absolute atomic E-state index is 12.9. The number of rotatable bonds is 7. The predicted molar refractivity (Wildman–Crippen MR) is 238 cm³/mol. The zero-order chi connectivity index (χ0) is 42.4. The number of hydrogen-bond acceptors (Lipinski definition) is 4. The van der Waals surface area contributed by atoms with E-state index in [2.05, 4.69) is 129 Å². The number of carbonyl (C=O) groups excluding carboxylic acids is 1. The van der Waals surface area contributed by atoms with Crippen molar-refractivity contribution in [2.45, 2.75) is 184 Å². The monoisotopic (exact) mass is 789 g/mol. The number of hydrogen-bond donors (Lipinski definition) is 2. The lowest BCUT2D eigenvalue weighted by atomic mass is 9.44. The summed E-state index contributed by atoms with van der Waals surface area (Å²) in [6.45, 7) is 49.9. The minimum absolute atomic E-state index is 0.0211. The average Bonchev–Trinajstić information content (AvgIpc) is 3.70. The van der Waals surface area contributed by atoms with Crippen LogP contribution in [0.5, 0.6) is 0 Å². The number of allylic oxidation sites excluding steroid dienone is 6. The van der Waals surface area contributed by atoms with E-state index in [0.29, 0.717) is 47.1 Å². The molecule has 6 aliphatic rings. The van der Waals surface area contributed by atoms with E-state index in [1.165, 1.54) is 16.9 Å². The van der Waals surface area contributed by atoms with Gasteiger partial charge < -0.3 is 14.6 Å². The Morgan fingerprint density at radius 2 is 1.12 bits per heavy atom. The first-order valence-electron chi connectivity index (χ1n) is 22.7. The summed E-state index contributed by atoms with van der Waals surface area (Å²) in [5.74, 6) is 3.00. The summed E-state index contributed by atoms with van der Waals surface area (Å²) in [7, 11) is -2.10. The molecule has 5 heteroatoms. The fourth-order valence-corrected chi connectivity index (χ4v) is 20.0. The Morgan fingerprint density at radius 1 is 0.714 bits per heavy atom.